The summed E-state index contributed by atoms with van der Waals surface area (Å²) in [6.07, 6.45) is 3.75. The molecule has 130 valence electrons. The minimum Gasteiger partial charge on any atom is -0.494 e. The first kappa shape index (κ1) is 18.2. The molecule has 2 N–H and O–H groups in total. The SMILES string of the molecule is CCc1cnc(CNC(=NC)NCCCOc2ccc(F)cc2)s1. The summed E-state index contributed by atoms with van der Waals surface area (Å²) < 4.78 is 18.3. The van der Waals surface area contributed by atoms with E-state index in [2.05, 4.69) is 27.5 Å². The highest BCUT2D eigenvalue weighted by atomic mass is 32.1. The van der Waals surface area contributed by atoms with Crippen molar-refractivity contribution in [1.29, 1.82) is 0 Å². The maximum atomic E-state index is 12.8. The van der Waals surface area contributed by atoms with E-state index in [1.807, 2.05) is 6.20 Å². The highest BCUT2D eigenvalue weighted by Crippen LogP contribution is 2.13. The van der Waals surface area contributed by atoms with Crippen LogP contribution in [-0.4, -0.2) is 31.1 Å². The van der Waals surface area contributed by atoms with Crippen LogP contribution in [0, 0.1) is 5.82 Å². The predicted octanol–water partition coefficient (Wildman–Crippen LogP) is 2.98. The third kappa shape index (κ3) is 6.16. The monoisotopic (exact) mass is 350 g/mol. The van der Waals surface area contributed by atoms with Crippen LogP contribution in [0.15, 0.2) is 35.5 Å². The summed E-state index contributed by atoms with van der Waals surface area (Å²) in [6.45, 7) is 4.08. The number of guanidine groups is 1. The van der Waals surface area contributed by atoms with E-state index in [1.54, 1.807) is 30.5 Å². The lowest BCUT2D eigenvalue weighted by molar-refractivity contribution is 0.310. The zero-order valence-corrected chi connectivity index (χ0v) is 14.8. The van der Waals surface area contributed by atoms with E-state index in [0.29, 0.717) is 18.9 Å². The van der Waals surface area contributed by atoms with Crippen LogP contribution in [0.2, 0.25) is 0 Å². The molecule has 0 unspecified atom stereocenters. The molecular formula is C17H23FN4OS. The van der Waals surface area contributed by atoms with Gasteiger partial charge in [0.25, 0.3) is 0 Å². The van der Waals surface area contributed by atoms with Gasteiger partial charge >= 0.3 is 0 Å². The van der Waals surface area contributed by atoms with E-state index in [-0.39, 0.29) is 5.82 Å². The van der Waals surface area contributed by atoms with Crippen molar-refractivity contribution >= 4 is 17.3 Å². The van der Waals surface area contributed by atoms with Gasteiger partial charge in [0.2, 0.25) is 0 Å². The van der Waals surface area contributed by atoms with Crippen LogP contribution in [0.5, 0.6) is 5.75 Å². The second-order valence-corrected chi connectivity index (χ2v) is 6.28. The van der Waals surface area contributed by atoms with Crippen molar-refractivity contribution in [3.05, 3.63) is 46.2 Å². The molecule has 0 aliphatic heterocycles. The van der Waals surface area contributed by atoms with Crippen molar-refractivity contribution in [2.75, 3.05) is 20.2 Å². The Bertz CT molecular complexity index is 642. The summed E-state index contributed by atoms with van der Waals surface area (Å²) >= 11 is 1.71. The fourth-order valence-electron chi connectivity index (χ4n) is 1.97. The first-order chi connectivity index (χ1) is 11.7. The van der Waals surface area contributed by atoms with E-state index in [9.17, 15) is 4.39 Å². The molecule has 0 aliphatic carbocycles. The van der Waals surface area contributed by atoms with Gasteiger partial charge in [-0.15, -0.1) is 11.3 Å². The number of aryl methyl sites for hydroxylation is 1. The number of ether oxygens (including phenoxy) is 1. The van der Waals surface area contributed by atoms with E-state index >= 15 is 0 Å². The molecule has 0 amide bonds. The van der Waals surface area contributed by atoms with Gasteiger partial charge in [0.1, 0.15) is 16.6 Å². The molecule has 0 atom stereocenters. The predicted molar refractivity (Wildman–Crippen MR) is 96.2 cm³/mol. The molecule has 1 aromatic heterocycles. The topological polar surface area (TPSA) is 58.5 Å². The van der Waals surface area contributed by atoms with Crippen LogP contribution in [-0.2, 0) is 13.0 Å². The Morgan fingerprint density at radius 1 is 1.29 bits per heavy atom. The zero-order valence-electron chi connectivity index (χ0n) is 14.0. The first-order valence-corrected chi connectivity index (χ1v) is 8.79. The summed E-state index contributed by atoms with van der Waals surface area (Å²) in [4.78, 5) is 9.84. The molecule has 0 aliphatic rings. The highest BCUT2D eigenvalue weighted by molar-refractivity contribution is 7.11. The van der Waals surface area contributed by atoms with Crippen LogP contribution < -0.4 is 15.4 Å². The largest absolute Gasteiger partial charge is 0.494 e. The number of hydrogen-bond acceptors (Lipinski definition) is 4. The second-order valence-electron chi connectivity index (χ2n) is 5.08. The Kier molecular flexibility index (Phi) is 7.48. The van der Waals surface area contributed by atoms with Gasteiger partial charge in [0.05, 0.1) is 13.2 Å². The van der Waals surface area contributed by atoms with Gasteiger partial charge in [-0.3, -0.25) is 4.99 Å². The van der Waals surface area contributed by atoms with E-state index in [0.717, 1.165) is 30.4 Å². The number of nitrogens with one attached hydrogen (secondary N) is 2. The van der Waals surface area contributed by atoms with Gasteiger partial charge in [0, 0.05) is 24.7 Å². The van der Waals surface area contributed by atoms with E-state index in [4.69, 9.17) is 4.74 Å². The molecular weight excluding hydrogens is 327 g/mol. The Hall–Kier alpha value is -2.15. The van der Waals surface area contributed by atoms with Crippen LogP contribution in [0.3, 0.4) is 0 Å². The summed E-state index contributed by atoms with van der Waals surface area (Å²) in [7, 11) is 1.74. The molecule has 0 radical (unpaired) electrons. The number of benzene rings is 1. The maximum absolute atomic E-state index is 12.8. The van der Waals surface area contributed by atoms with Crippen LogP contribution >= 0.6 is 11.3 Å². The van der Waals surface area contributed by atoms with Gasteiger partial charge in [-0.05, 0) is 37.1 Å². The average molecular weight is 350 g/mol. The van der Waals surface area contributed by atoms with Gasteiger partial charge in [-0.25, -0.2) is 9.37 Å². The first-order valence-electron chi connectivity index (χ1n) is 7.97. The fraction of sp³-hybridized carbons (Fsp3) is 0.412. The lowest BCUT2D eigenvalue weighted by Crippen LogP contribution is -2.37. The van der Waals surface area contributed by atoms with Crippen molar-refractivity contribution in [1.82, 2.24) is 15.6 Å². The van der Waals surface area contributed by atoms with Crippen molar-refractivity contribution in [3.8, 4) is 5.75 Å². The average Bonchev–Trinajstić information content (AvgIpc) is 3.07. The fourth-order valence-corrected chi connectivity index (χ4v) is 2.78. The van der Waals surface area contributed by atoms with Gasteiger partial charge in [-0.1, -0.05) is 6.92 Å². The summed E-state index contributed by atoms with van der Waals surface area (Å²) in [5, 5.41) is 7.52. The minimum atomic E-state index is -0.259. The van der Waals surface area contributed by atoms with Crippen LogP contribution in [0.1, 0.15) is 23.2 Å². The molecule has 1 heterocycles. The van der Waals surface area contributed by atoms with Crippen molar-refractivity contribution in [2.24, 2.45) is 4.99 Å². The number of aliphatic imine (C=N–C) groups is 1. The lowest BCUT2D eigenvalue weighted by Gasteiger charge is -2.11. The molecule has 24 heavy (non-hydrogen) atoms. The van der Waals surface area contributed by atoms with Crippen molar-refractivity contribution in [2.45, 2.75) is 26.3 Å². The van der Waals surface area contributed by atoms with Gasteiger partial charge in [0.15, 0.2) is 5.96 Å². The lowest BCUT2D eigenvalue weighted by atomic mass is 10.3. The molecule has 2 rings (SSSR count). The molecule has 0 fully saturated rings. The Morgan fingerprint density at radius 2 is 2.08 bits per heavy atom. The molecule has 5 nitrogen and oxygen atoms in total. The van der Waals surface area contributed by atoms with E-state index in [1.165, 1.54) is 17.0 Å². The zero-order chi connectivity index (χ0) is 17.2. The molecule has 0 saturated heterocycles. The molecule has 7 heteroatoms. The maximum Gasteiger partial charge on any atom is 0.191 e. The standard InChI is InChI=1S/C17H23FN4OS/c1-3-15-11-21-16(24-15)12-22-17(19-2)20-9-4-10-23-14-7-5-13(18)6-8-14/h5-8,11H,3-4,9-10,12H2,1-2H3,(H2,19,20,22). The van der Waals surface area contributed by atoms with Crippen molar-refractivity contribution in [3.63, 3.8) is 0 Å². The van der Waals surface area contributed by atoms with Crippen molar-refractivity contribution < 1.29 is 9.13 Å². The molecule has 0 bridgehead atoms. The van der Waals surface area contributed by atoms with Gasteiger partial charge < -0.3 is 15.4 Å². The number of aromatic nitrogens is 1. The summed E-state index contributed by atoms with van der Waals surface area (Å²) in [5.74, 6) is 1.16. The minimum absolute atomic E-state index is 0.259. The van der Waals surface area contributed by atoms with Crippen LogP contribution in [0.25, 0.3) is 0 Å². The number of halogens is 1. The van der Waals surface area contributed by atoms with Crippen LogP contribution in [0.4, 0.5) is 4.39 Å². The second kappa shape index (κ2) is 9.87. The third-order valence-electron chi connectivity index (χ3n) is 3.28. The Balaban J connectivity index is 1.61. The molecule has 2 aromatic rings. The molecule has 0 saturated carbocycles. The smallest absolute Gasteiger partial charge is 0.191 e. The Morgan fingerprint density at radius 3 is 2.75 bits per heavy atom. The number of hydrogen-bond donors (Lipinski definition) is 2. The molecule has 1 aromatic carbocycles. The quantitative estimate of drug-likeness (QED) is 0.437. The normalized spacial score (nSPS) is 11.4. The highest BCUT2D eigenvalue weighted by Gasteiger charge is 2.02. The summed E-state index contributed by atoms with van der Waals surface area (Å²) in [5.41, 5.74) is 0. The number of thiazole rings is 1. The number of rotatable bonds is 8. The Labute approximate surface area is 146 Å². The third-order valence-corrected chi connectivity index (χ3v) is 4.42. The molecule has 0 spiro atoms. The number of nitrogens with zero attached hydrogens (tertiary/aromatic N) is 2. The van der Waals surface area contributed by atoms with E-state index < -0.39 is 0 Å². The van der Waals surface area contributed by atoms with Gasteiger partial charge in [-0.2, -0.15) is 0 Å². The summed E-state index contributed by atoms with van der Waals surface area (Å²) in [6, 6.07) is 6.04.